The number of benzene rings is 1. The molecule has 0 bridgehead atoms. The molecule has 0 saturated heterocycles. The molecule has 2 amide bonds. The molecule has 0 atom stereocenters. The standard InChI is InChI=1S/C21H24N4O2S/c1-2-3-4-7-14-27-17-11-9-16(10-12-17)25(20(22)26)21-24-19(15-28-21)18-8-5-6-13-23-18/h5-6,8-13,15H,2-4,7,14H2,1H3,(H2,22,26). The van der Waals surface area contributed by atoms with Crippen LogP contribution in [0.2, 0.25) is 0 Å². The first-order valence-electron chi connectivity index (χ1n) is 9.38. The average molecular weight is 397 g/mol. The van der Waals surface area contributed by atoms with Gasteiger partial charge in [-0.1, -0.05) is 32.3 Å². The van der Waals surface area contributed by atoms with Crippen LogP contribution >= 0.6 is 11.3 Å². The molecule has 0 unspecified atom stereocenters. The van der Waals surface area contributed by atoms with E-state index < -0.39 is 6.03 Å². The molecule has 28 heavy (non-hydrogen) atoms. The normalized spacial score (nSPS) is 10.6. The van der Waals surface area contributed by atoms with Crippen LogP contribution in [0.1, 0.15) is 32.6 Å². The SMILES string of the molecule is CCCCCCOc1ccc(N(C(N)=O)c2nc(-c3ccccn3)cs2)cc1. The van der Waals surface area contributed by atoms with E-state index in [1.807, 2.05) is 47.8 Å². The number of aromatic nitrogens is 2. The molecule has 2 aromatic heterocycles. The van der Waals surface area contributed by atoms with E-state index in [4.69, 9.17) is 10.5 Å². The van der Waals surface area contributed by atoms with Gasteiger partial charge in [0.15, 0.2) is 5.13 Å². The fraction of sp³-hybridized carbons (Fsp3) is 0.286. The molecule has 0 saturated carbocycles. The van der Waals surface area contributed by atoms with Crippen molar-refractivity contribution in [2.45, 2.75) is 32.6 Å². The number of carbonyl (C=O) groups excluding carboxylic acids is 1. The van der Waals surface area contributed by atoms with Crippen LogP contribution < -0.4 is 15.4 Å². The topological polar surface area (TPSA) is 81.3 Å². The van der Waals surface area contributed by atoms with Gasteiger partial charge in [0.25, 0.3) is 0 Å². The molecular weight excluding hydrogens is 372 g/mol. The summed E-state index contributed by atoms with van der Waals surface area (Å²) in [7, 11) is 0. The van der Waals surface area contributed by atoms with Gasteiger partial charge in [-0.05, 0) is 42.8 Å². The number of carbonyl (C=O) groups is 1. The van der Waals surface area contributed by atoms with Crippen molar-refractivity contribution in [1.82, 2.24) is 9.97 Å². The summed E-state index contributed by atoms with van der Waals surface area (Å²) in [6.07, 6.45) is 6.35. The number of nitrogens with zero attached hydrogens (tertiary/aromatic N) is 3. The molecule has 0 spiro atoms. The van der Waals surface area contributed by atoms with Crippen molar-refractivity contribution in [3.05, 3.63) is 54.0 Å². The Labute approximate surface area is 169 Å². The number of urea groups is 1. The van der Waals surface area contributed by atoms with Crippen LogP contribution in [0.15, 0.2) is 54.0 Å². The van der Waals surface area contributed by atoms with Gasteiger partial charge in [-0.15, -0.1) is 11.3 Å². The number of hydrogen-bond donors (Lipinski definition) is 1. The lowest BCUT2D eigenvalue weighted by Gasteiger charge is -2.17. The van der Waals surface area contributed by atoms with Gasteiger partial charge in [0.1, 0.15) is 11.4 Å². The van der Waals surface area contributed by atoms with Crippen LogP contribution in [-0.4, -0.2) is 22.6 Å². The Hall–Kier alpha value is -2.93. The largest absolute Gasteiger partial charge is 0.494 e. The van der Waals surface area contributed by atoms with Crippen LogP contribution in [-0.2, 0) is 0 Å². The van der Waals surface area contributed by atoms with E-state index >= 15 is 0 Å². The van der Waals surface area contributed by atoms with Gasteiger partial charge in [0.2, 0.25) is 0 Å². The van der Waals surface area contributed by atoms with Crippen LogP contribution in [0.25, 0.3) is 11.4 Å². The van der Waals surface area contributed by atoms with Crippen LogP contribution in [0.5, 0.6) is 5.75 Å². The molecule has 3 rings (SSSR count). The van der Waals surface area contributed by atoms with Crippen LogP contribution in [0, 0.1) is 0 Å². The molecule has 0 aliphatic heterocycles. The number of thiazole rings is 1. The van der Waals surface area contributed by atoms with E-state index in [-0.39, 0.29) is 0 Å². The molecule has 146 valence electrons. The maximum atomic E-state index is 12.1. The van der Waals surface area contributed by atoms with E-state index in [1.54, 1.807) is 6.20 Å². The summed E-state index contributed by atoms with van der Waals surface area (Å²) in [4.78, 5) is 22.3. The van der Waals surface area contributed by atoms with Crippen molar-refractivity contribution in [3.8, 4) is 17.1 Å². The van der Waals surface area contributed by atoms with Crippen molar-refractivity contribution >= 4 is 28.2 Å². The van der Waals surface area contributed by atoms with E-state index in [1.165, 1.54) is 35.5 Å². The first-order valence-corrected chi connectivity index (χ1v) is 10.3. The zero-order valence-electron chi connectivity index (χ0n) is 15.9. The highest BCUT2D eigenvalue weighted by Gasteiger charge is 2.19. The van der Waals surface area contributed by atoms with Gasteiger partial charge in [0, 0.05) is 11.6 Å². The highest BCUT2D eigenvalue weighted by atomic mass is 32.1. The van der Waals surface area contributed by atoms with Gasteiger partial charge in [-0.3, -0.25) is 4.98 Å². The van der Waals surface area contributed by atoms with Crippen LogP contribution in [0.3, 0.4) is 0 Å². The fourth-order valence-corrected chi connectivity index (χ4v) is 3.58. The van der Waals surface area contributed by atoms with Crippen molar-refractivity contribution < 1.29 is 9.53 Å². The number of ether oxygens (including phenoxy) is 1. The third-order valence-corrected chi connectivity index (χ3v) is 5.02. The molecule has 0 aliphatic rings. The van der Waals surface area contributed by atoms with E-state index in [2.05, 4.69) is 16.9 Å². The summed E-state index contributed by atoms with van der Waals surface area (Å²) < 4.78 is 5.76. The second kappa shape index (κ2) is 9.85. The monoisotopic (exact) mass is 396 g/mol. The molecular formula is C21H24N4O2S. The van der Waals surface area contributed by atoms with Crippen LogP contribution in [0.4, 0.5) is 15.6 Å². The van der Waals surface area contributed by atoms with Gasteiger partial charge >= 0.3 is 6.03 Å². The lowest BCUT2D eigenvalue weighted by molar-refractivity contribution is 0.256. The molecule has 2 N–H and O–H groups in total. The van der Waals surface area contributed by atoms with Gasteiger partial charge in [0.05, 0.1) is 18.0 Å². The quantitative estimate of drug-likeness (QED) is 0.492. The molecule has 3 aromatic rings. The Morgan fingerprint density at radius 1 is 1.11 bits per heavy atom. The van der Waals surface area contributed by atoms with Gasteiger partial charge < -0.3 is 10.5 Å². The van der Waals surface area contributed by atoms with Gasteiger partial charge in [-0.25, -0.2) is 14.7 Å². The summed E-state index contributed by atoms with van der Waals surface area (Å²) in [5.74, 6) is 0.776. The molecule has 0 fully saturated rings. The summed E-state index contributed by atoms with van der Waals surface area (Å²) in [6, 6.07) is 12.3. The molecule has 2 heterocycles. The Kier molecular flexibility index (Phi) is 6.97. The van der Waals surface area contributed by atoms with E-state index in [0.717, 1.165) is 17.9 Å². The van der Waals surface area contributed by atoms with Gasteiger partial charge in [-0.2, -0.15) is 0 Å². The molecule has 6 nitrogen and oxygen atoms in total. The third kappa shape index (κ3) is 5.07. The highest BCUT2D eigenvalue weighted by molar-refractivity contribution is 7.14. The Morgan fingerprint density at radius 3 is 2.61 bits per heavy atom. The molecule has 1 aromatic carbocycles. The summed E-state index contributed by atoms with van der Waals surface area (Å²) in [5.41, 5.74) is 7.72. The number of nitrogens with two attached hydrogens (primary N) is 1. The summed E-state index contributed by atoms with van der Waals surface area (Å²) in [5, 5.41) is 2.36. The minimum absolute atomic E-state index is 0.501. The maximum Gasteiger partial charge on any atom is 0.325 e. The lowest BCUT2D eigenvalue weighted by Crippen LogP contribution is -2.31. The zero-order chi connectivity index (χ0) is 19.8. The molecule has 0 radical (unpaired) electrons. The van der Waals surface area contributed by atoms with Crippen molar-refractivity contribution in [2.24, 2.45) is 5.73 Å². The fourth-order valence-electron chi connectivity index (χ4n) is 2.74. The smallest absolute Gasteiger partial charge is 0.325 e. The first-order chi connectivity index (χ1) is 13.7. The zero-order valence-corrected chi connectivity index (χ0v) is 16.7. The number of amides is 2. The second-order valence-electron chi connectivity index (χ2n) is 6.31. The van der Waals surface area contributed by atoms with E-state index in [0.29, 0.717) is 23.1 Å². The predicted octanol–water partition coefficient (Wildman–Crippen LogP) is 5.38. The lowest BCUT2D eigenvalue weighted by atomic mass is 10.2. The highest BCUT2D eigenvalue weighted by Crippen LogP contribution is 2.32. The van der Waals surface area contributed by atoms with E-state index in [9.17, 15) is 4.79 Å². The van der Waals surface area contributed by atoms with Crippen molar-refractivity contribution in [2.75, 3.05) is 11.5 Å². The second-order valence-corrected chi connectivity index (χ2v) is 7.14. The average Bonchev–Trinajstić information content (AvgIpc) is 3.19. The number of anilines is 2. The summed E-state index contributed by atoms with van der Waals surface area (Å²) in [6.45, 7) is 2.88. The maximum absolute atomic E-state index is 12.1. The van der Waals surface area contributed by atoms with Crippen molar-refractivity contribution in [1.29, 1.82) is 0 Å². The predicted molar refractivity (Wildman–Crippen MR) is 113 cm³/mol. The number of hydrogen-bond acceptors (Lipinski definition) is 5. The molecule has 0 aliphatic carbocycles. The molecule has 7 heteroatoms. The Morgan fingerprint density at radius 2 is 1.93 bits per heavy atom. The minimum atomic E-state index is -0.588. The number of primary amides is 1. The summed E-state index contributed by atoms with van der Waals surface area (Å²) >= 11 is 1.34. The third-order valence-electron chi connectivity index (χ3n) is 4.19. The Bertz CT molecular complexity index is 881. The number of pyridine rings is 1. The van der Waals surface area contributed by atoms with Crippen molar-refractivity contribution in [3.63, 3.8) is 0 Å². The Balaban J connectivity index is 1.71. The first kappa shape index (κ1) is 19.8. The number of unbranched alkanes of at least 4 members (excludes halogenated alkanes) is 3. The number of rotatable bonds is 9. The minimum Gasteiger partial charge on any atom is -0.494 e.